The summed E-state index contributed by atoms with van der Waals surface area (Å²) in [6.07, 6.45) is -2.78. The molecule has 0 saturated heterocycles. The zero-order chi connectivity index (χ0) is 16.5. The molecule has 0 bridgehead atoms. The fourth-order valence-electron chi connectivity index (χ4n) is 1.97. The number of alkyl halides is 3. The Labute approximate surface area is 129 Å². The number of aromatic nitrogens is 4. The fraction of sp³-hybridized carbons (Fsp3) is 0.583. The van der Waals surface area contributed by atoms with Crippen molar-refractivity contribution in [2.45, 2.75) is 31.3 Å². The van der Waals surface area contributed by atoms with E-state index in [1.807, 2.05) is 13.2 Å². The van der Waals surface area contributed by atoms with E-state index in [1.165, 1.54) is 11.8 Å². The number of halogens is 3. The number of nitrogens with zero attached hydrogens (tertiary/aromatic N) is 4. The van der Waals surface area contributed by atoms with Gasteiger partial charge in [-0.15, -0.1) is 5.10 Å². The van der Waals surface area contributed by atoms with Crippen LogP contribution >= 0.6 is 11.8 Å². The van der Waals surface area contributed by atoms with Gasteiger partial charge in [0.15, 0.2) is 0 Å². The zero-order valence-corrected chi connectivity index (χ0v) is 13.0. The van der Waals surface area contributed by atoms with Crippen LogP contribution in [0.1, 0.15) is 18.4 Å². The van der Waals surface area contributed by atoms with Gasteiger partial charge in [-0.2, -0.15) is 34.4 Å². The lowest BCUT2D eigenvalue weighted by Crippen LogP contribution is -2.31. The summed E-state index contributed by atoms with van der Waals surface area (Å²) in [4.78, 5) is 7.38. The summed E-state index contributed by atoms with van der Waals surface area (Å²) < 4.78 is 39.2. The largest absolute Gasteiger partial charge is 0.453 e. The second-order valence-electron chi connectivity index (χ2n) is 4.82. The molecule has 122 valence electrons. The summed E-state index contributed by atoms with van der Waals surface area (Å²) in [5.41, 5.74) is 0.521. The van der Waals surface area contributed by atoms with Crippen molar-refractivity contribution in [3.63, 3.8) is 0 Å². The number of hydrogen-bond acceptors (Lipinski definition) is 6. The Morgan fingerprint density at radius 3 is 2.64 bits per heavy atom. The number of aliphatic hydroxyl groups is 1. The van der Waals surface area contributed by atoms with Crippen LogP contribution in [0.15, 0.2) is 6.07 Å². The van der Waals surface area contributed by atoms with E-state index < -0.39 is 12.0 Å². The summed E-state index contributed by atoms with van der Waals surface area (Å²) in [6, 6.07) is 1.41. The molecule has 10 heteroatoms. The molecule has 2 rings (SSSR count). The number of hydrogen-bond donors (Lipinski definition) is 2. The molecule has 2 atom stereocenters. The van der Waals surface area contributed by atoms with Crippen molar-refractivity contribution in [2.75, 3.05) is 18.2 Å². The van der Waals surface area contributed by atoms with Gasteiger partial charge in [0, 0.05) is 23.1 Å². The van der Waals surface area contributed by atoms with Crippen LogP contribution in [0.4, 0.5) is 19.0 Å². The molecule has 0 aliphatic heterocycles. The van der Waals surface area contributed by atoms with Gasteiger partial charge in [0.1, 0.15) is 5.82 Å². The van der Waals surface area contributed by atoms with Gasteiger partial charge in [0.25, 0.3) is 11.6 Å². The molecular weight excluding hydrogens is 319 g/mol. The van der Waals surface area contributed by atoms with Gasteiger partial charge in [0.05, 0.1) is 6.61 Å². The standard InChI is InChI=1S/C12H16F3N5OS/c1-6-4-9(17-7(2)8(5-21)22-3)20-11(16-6)18-10(19-20)12(13,14)15/h4,7-8,17,21H,5H2,1-3H3. The molecule has 2 aromatic heterocycles. The van der Waals surface area contributed by atoms with Crippen LogP contribution in [0.3, 0.4) is 0 Å². The molecule has 2 aromatic rings. The lowest BCUT2D eigenvalue weighted by atomic mass is 10.2. The van der Waals surface area contributed by atoms with E-state index in [0.717, 1.165) is 4.52 Å². The maximum absolute atomic E-state index is 12.7. The maximum Gasteiger partial charge on any atom is 0.453 e. The van der Waals surface area contributed by atoms with Crippen molar-refractivity contribution < 1.29 is 18.3 Å². The molecule has 0 saturated carbocycles. The normalized spacial score (nSPS) is 15.0. The first-order chi connectivity index (χ1) is 10.3. The summed E-state index contributed by atoms with van der Waals surface area (Å²) in [6.45, 7) is 3.45. The Kier molecular flexibility index (Phi) is 4.81. The Morgan fingerprint density at radius 1 is 1.41 bits per heavy atom. The smallest absolute Gasteiger partial charge is 0.395 e. The van der Waals surface area contributed by atoms with Crippen LogP contribution in [0.2, 0.25) is 0 Å². The van der Waals surface area contributed by atoms with Crippen LogP contribution in [0.25, 0.3) is 5.78 Å². The van der Waals surface area contributed by atoms with Crippen LogP contribution in [-0.4, -0.2) is 48.8 Å². The Bertz CT molecular complexity index is 656. The number of thioether (sulfide) groups is 1. The average molecular weight is 335 g/mol. The molecule has 0 fully saturated rings. The molecule has 0 amide bonds. The van der Waals surface area contributed by atoms with Crippen LogP contribution in [-0.2, 0) is 6.18 Å². The minimum absolute atomic E-state index is 0.0479. The van der Waals surface area contributed by atoms with Crippen LogP contribution < -0.4 is 5.32 Å². The van der Waals surface area contributed by atoms with E-state index >= 15 is 0 Å². The molecule has 22 heavy (non-hydrogen) atoms. The monoisotopic (exact) mass is 335 g/mol. The highest BCUT2D eigenvalue weighted by molar-refractivity contribution is 7.99. The zero-order valence-electron chi connectivity index (χ0n) is 12.2. The number of aryl methyl sites for hydroxylation is 1. The lowest BCUT2D eigenvalue weighted by Gasteiger charge is -2.22. The summed E-state index contributed by atoms with van der Waals surface area (Å²) in [5.74, 6) is -0.998. The van der Waals surface area contributed by atoms with E-state index in [4.69, 9.17) is 0 Å². The van der Waals surface area contributed by atoms with E-state index in [0.29, 0.717) is 11.5 Å². The van der Waals surface area contributed by atoms with Crippen molar-refractivity contribution >= 4 is 23.4 Å². The quantitative estimate of drug-likeness (QED) is 0.870. The maximum atomic E-state index is 12.7. The molecule has 0 radical (unpaired) electrons. The van der Waals surface area contributed by atoms with E-state index in [9.17, 15) is 18.3 Å². The van der Waals surface area contributed by atoms with Crippen molar-refractivity contribution in [3.8, 4) is 0 Å². The molecule has 0 aliphatic carbocycles. The number of fused-ring (bicyclic) bond motifs is 1. The highest BCUT2D eigenvalue weighted by Crippen LogP contribution is 2.27. The van der Waals surface area contributed by atoms with Crippen molar-refractivity contribution in [1.29, 1.82) is 0 Å². The van der Waals surface area contributed by atoms with Crippen LogP contribution in [0.5, 0.6) is 0 Å². The van der Waals surface area contributed by atoms with E-state index in [-0.39, 0.29) is 23.7 Å². The highest BCUT2D eigenvalue weighted by atomic mass is 32.2. The molecule has 0 aromatic carbocycles. The van der Waals surface area contributed by atoms with Crippen molar-refractivity contribution in [2.24, 2.45) is 0 Å². The Hall–Kier alpha value is -1.55. The third kappa shape index (κ3) is 3.43. The number of rotatable bonds is 5. The molecule has 6 nitrogen and oxygen atoms in total. The number of nitrogens with one attached hydrogen (secondary N) is 1. The predicted molar refractivity (Wildman–Crippen MR) is 78.0 cm³/mol. The SMILES string of the molecule is CSC(CO)C(C)Nc1cc(C)nc2nc(C(F)(F)F)nn12. The Balaban J connectivity index is 2.42. The van der Waals surface area contributed by atoms with Gasteiger partial charge in [-0.05, 0) is 20.1 Å². The van der Waals surface area contributed by atoms with Gasteiger partial charge in [-0.3, -0.25) is 0 Å². The van der Waals surface area contributed by atoms with E-state index in [2.05, 4.69) is 20.4 Å². The topological polar surface area (TPSA) is 75.3 Å². The average Bonchev–Trinajstić information content (AvgIpc) is 2.84. The summed E-state index contributed by atoms with van der Waals surface area (Å²) in [7, 11) is 0. The van der Waals surface area contributed by atoms with Crippen molar-refractivity contribution in [1.82, 2.24) is 19.6 Å². The van der Waals surface area contributed by atoms with Gasteiger partial charge in [-0.25, -0.2) is 4.98 Å². The predicted octanol–water partition coefficient (Wildman–Crippen LogP) is 1.98. The van der Waals surface area contributed by atoms with Gasteiger partial charge >= 0.3 is 6.18 Å². The van der Waals surface area contributed by atoms with E-state index in [1.54, 1.807) is 13.0 Å². The van der Waals surface area contributed by atoms with Crippen LogP contribution in [0, 0.1) is 6.92 Å². The molecule has 0 aliphatic rings. The molecule has 0 spiro atoms. The minimum atomic E-state index is -4.63. The summed E-state index contributed by atoms with van der Waals surface area (Å²) in [5, 5.41) is 15.7. The third-order valence-corrected chi connectivity index (χ3v) is 4.27. The summed E-state index contributed by atoms with van der Waals surface area (Å²) >= 11 is 1.46. The minimum Gasteiger partial charge on any atom is -0.395 e. The van der Waals surface area contributed by atoms with Gasteiger partial charge in [0.2, 0.25) is 0 Å². The Morgan fingerprint density at radius 2 is 2.09 bits per heavy atom. The highest BCUT2D eigenvalue weighted by Gasteiger charge is 2.37. The second kappa shape index (κ2) is 6.29. The number of aliphatic hydroxyl groups excluding tert-OH is 1. The second-order valence-corrected chi connectivity index (χ2v) is 5.89. The molecular formula is C12H16F3N5OS. The first-order valence-electron chi connectivity index (χ1n) is 6.48. The van der Waals surface area contributed by atoms with Gasteiger partial charge in [-0.1, -0.05) is 0 Å². The van der Waals surface area contributed by atoms with Gasteiger partial charge < -0.3 is 10.4 Å². The molecule has 2 unspecified atom stereocenters. The molecule has 2 N–H and O–H groups in total. The fourth-order valence-corrected chi connectivity index (χ4v) is 2.60. The first-order valence-corrected chi connectivity index (χ1v) is 7.77. The number of anilines is 1. The van der Waals surface area contributed by atoms with Crippen molar-refractivity contribution in [3.05, 3.63) is 17.6 Å². The first kappa shape index (κ1) is 16.8. The lowest BCUT2D eigenvalue weighted by molar-refractivity contribution is -0.144. The third-order valence-electron chi connectivity index (χ3n) is 3.11. The molecule has 2 heterocycles.